The van der Waals surface area contributed by atoms with Crippen LogP contribution >= 0.6 is 11.8 Å². The lowest BCUT2D eigenvalue weighted by Gasteiger charge is -2.08. The SMILES string of the molecule is C=C(CSCC(C)CO)C(=O)OCC. The number of esters is 1. The van der Waals surface area contributed by atoms with E-state index in [-0.39, 0.29) is 18.5 Å². The standard InChI is InChI=1S/C10H18O3S/c1-4-13-10(12)9(3)7-14-6-8(2)5-11/h8,11H,3-7H2,1-2H3. The first-order valence-corrected chi connectivity index (χ1v) is 5.80. The summed E-state index contributed by atoms with van der Waals surface area (Å²) in [6, 6.07) is 0. The zero-order chi connectivity index (χ0) is 11.0. The topological polar surface area (TPSA) is 46.5 Å². The maximum atomic E-state index is 11.1. The molecule has 0 heterocycles. The Morgan fingerprint density at radius 1 is 1.64 bits per heavy atom. The van der Waals surface area contributed by atoms with Gasteiger partial charge in [-0.2, -0.15) is 11.8 Å². The fraction of sp³-hybridized carbons (Fsp3) is 0.700. The first kappa shape index (κ1) is 13.5. The molecule has 0 aliphatic rings. The van der Waals surface area contributed by atoms with Crippen LogP contribution in [-0.4, -0.2) is 35.8 Å². The Balaban J connectivity index is 3.58. The van der Waals surface area contributed by atoms with Gasteiger partial charge in [0.05, 0.1) is 6.61 Å². The summed E-state index contributed by atoms with van der Waals surface area (Å²) in [6.45, 7) is 7.93. The first-order valence-electron chi connectivity index (χ1n) is 4.65. The van der Waals surface area contributed by atoms with Gasteiger partial charge in [-0.3, -0.25) is 0 Å². The number of carbonyl (C=O) groups is 1. The van der Waals surface area contributed by atoms with Crippen molar-refractivity contribution in [2.45, 2.75) is 13.8 Å². The van der Waals surface area contributed by atoms with Gasteiger partial charge in [-0.1, -0.05) is 13.5 Å². The third-order valence-electron chi connectivity index (χ3n) is 1.55. The highest BCUT2D eigenvalue weighted by Crippen LogP contribution is 2.12. The second-order valence-corrected chi connectivity index (χ2v) is 4.16. The fourth-order valence-electron chi connectivity index (χ4n) is 0.728. The molecule has 3 nitrogen and oxygen atoms in total. The molecule has 0 saturated heterocycles. The monoisotopic (exact) mass is 218 g/mol. The van der Waals surface area contributed by atoms with Gasteiger partial charge in [0, 0.05) is 17.9 Å². The number of hydrogen-bond acceptors (Lipinski definition) is 4. The summed E-state index contributed by atoms with van der Waals surface area (Å²) in [6.07, 6.45) is 0. The Kier molecular flexibility index (Phi) is 7.61. The number of aliphatic hydroxyl groups excluding tert-OH is 1. The zero-order valence-electron chi connectivity index (χ0n) is 8.78. The third-order valence-corrected chi connectivity index (χ3v) is 2.91. The van der Waals surface area contributed by atoms with Crippen LogP contribution in [0.15, 0.2) is 12.2 Å². The summed E-state index contributed by atoms with van der Waals surface area (Å²) in [5.41, 5.74) is 0.488. The van der Waals surface area contributed by atoms with E-state index in [9.17, 15) is 4.79 Å². The van der Waals surface area contributed by atoms with Gasteiger partial charge in [0.1, 0.15) is 0 Å². The third kappa shape index (κ3) is 6.05. The van der Waals surface area contributed by atoms with Gasteiger partial charge in [-0.25, -0.2) is 4.79 Å². The molecule has 4 heteroatoms. The van der Waals surface area contributed by atoms with E-state index in [1.807, 2.05) is 6.92 Å². The number of rotatable bonds is 7. The molecule has 0 aromatic carbocycles. The molecule has 0 fully saturated rings. The van der Waals surface area contributed by atoms with Crippen LogP contribution in [0.3, 0.4) is 0 Å². The van der Waals surface area contributed by atoms with Crippen LogP contribution in [0.5, 0.6) is 0 Å². The molecule has 1 atom stereocenters. The van der Waals surface area contributed by atoms with Crippen molar-refractivity contribution in [3.05, 3.63) is 12.2 Å². The zero-order valence-corrected chi connectivity index (χ0v) is 9.60. The average Bonchev–Trinajstić information content (AvgIpc) is 2.17. The Hall–Kier alpha value is -0.480. The van der Waals surface area contributed by atoms with Crippen molar-refractivity contribution in [2.75, 3.05) is 24.7 Å². The molecule has 14 heavy (non-hydrogen) atoms. The number of aliphatic hydroxyl groups is 1. The van der Waals surface area contributed by atoms with E-state index >= 15 is 0 Å². The van der Waals surface area contributed by atoms with Crippen molar-refractivity contribution in [3.63, 3.8) is 0 Å². The van der Waals surface area contributed by atoms with Crippen LogP contribution in [-0.2, 0) is 9.53 Å². The summed E-state index contributed by atoms with van der Waals surface area (Å²) in [5.74, 6) is 1.34. The summed E-state index contributed by atoms with van der Waals surface area (Å²) >= 11 is 1.59. The largest absolute Gasteiger partial charge is 0.463 e. The van der Waals surface area contributed by atoms with Gasteiger partial charge in [0.15, 0.2) is 0 Å². The minimum absolute atomic E-state index is 0.179. The molecule has 0 aliphatic heterocycles. The molecule has 0 aromatic heterocycles. The molecular weight excluding hydrogens is 200 g/mol. The molecule has 0 rings (SSSR count). The van der Waals surface area contributed by atoms with Crippen molar-refractivity contribution in [3.8, 4) is 0 Å². The molecule has 82 valence electrons. The Labute approximate surface area is 89.5 Å². The summed E-state index contributed by atoms with van der Waals surface area (Å²) in [7, 11) is 0. The molecule has 1 N–H and O–H groups in total. The average molecular weight is 218 g/mol. The molecule has 0 spiro atoms. The molecule has 0 amide bonds. The van der Waals surface area contributed by atoms with Gasteiger partial charge in [0.25, 0.3) is 0 Å². The highest BCUT2D eigenvalue weighted by Gasteiger charge is 2.08. The first-order chi connectivity index (χ1) is 6.61. The molecule has 0 bridgehead atoms. The summed E-state index contributed by atoms with van der Waals surface area (Å²) in [4.78, 5) is 11.1. The lowest BCUT2D eigenvalue weighted by Crippen LogP contribution is -2.10. The lowest BCUT2D eigenvalue weighted by atomic mass is 10.2. The molecule has 0 aliphatic carbocycles. The minimum atomic E-state index is -0.323. The Bertz CT molecular complexity index is 192. The van der Waals surface area contributed by atoms with Gasteiger partial charge < -0.3 is 9.84 Å². The van der Waals surface area contributed by atoms with E-state index in [0.29, 0.717) is 17.9 Å². The Morgan fingerprint density at radius 3 is 2.79 bits per heavy atom. The van der Waals surface area contributed by atoms with Gasteiger partial charge >= 0.3 is 5.97 Å². The molecule has 0 aromatic rings. The number of carbonyl (C=O) groups excluding carboxylic acids is 1. The molecule has 0 saturated carbocycles. The van der Waals surface area contributed by atoms with Crippen molar-refractivity contribution >= 4 is 17.7 Å². The highest BCUT2D eigenvalue weighted by molar-refractivity contribution is 7.99. The summed E-state index contributed by atoms with van der Waals surface area (Å²) < 4.78 is 4.79. The van der Waals surface area contributed by atoms with Crippen LogP contribution in [0.1, 0.15) is 13.8 Å². The van der Waals surface area contributed by atoms with Crippen LogP contribution in [0.25, 0.3) is 0 Å². The Morgan fingerprint density at radius 2 is 2.29 bits per heavy atom. The van der Waals surface area contributed by atoms with E-state index in [1.165, 1.54) is 0 Å². The normalized spacial score (nSPS) is 12.2. The quantitative estimate of drug-likeness (QED) is 0.519. The second-order valence-electron chi connectivity index (χ2n) is 3.13. The maximum Gasteiger partial charge on any atom is 0.334 e. The maximum absolute atomic E-state index is 11.1. The predicted octanol–water partition coefficient (Wildman–Crippen LogP) is 1.47. The predicted molar refractivity (Wildman–Crippen MR) is 59.3 cm³/mol. The summed E-state index contributed by atoms with van der Waals surface area (Å²) in [5, 5.41) is 8.77. The van der Waals surface area contributed by atoms with Crippen LogP contribution in [0.4, 0.5) is 0 Å². The van der Waals surface area contributed by atoms with E-state index in [2.05, 4.69) is 6.58 Å². The molecule has 1 unspecified atom stereocenters. The van der Waals surface area contributed by atoms with Crippen LogP contribution in [0, 0.1) is 5.92 Å². The number of ether oxygens (including phenoxy) is 1. The van der Waals surface area contributed by atoms with Crippen molar-refractivity contribution in [1.29, 1.82) is 0 Å². The van der Waals surface area contributed by atoms with Crippen molar-refractivity contribution in [2.24, 2.45) is 5.92 Å². The van der Waals surface area contributed by atoms with Crippen LogP contribution < -0.4 is 0 Å². The lowest BCUT2D eigenvalue weighted by molar-refractivity contribution is -0.138. The van der Waals surface area contributed by atoms with E-state index in [0.717, 1.165) is 5.75 Å². The van der Waals surface area contributed by atoms with E-state index in [1.54, 1.807) is 18.7 Å². The number of thioether (sulfide) groups is 1. The minimum Gasteiger partial charge on any atom is -0.463 e. The fourth-order valence-corrected chi connectivity index (χ4v) is 1.72. The number of hydrogen-bond donors (Lipinski definition) is 1. The second kappa shape index (κ2) is 7.88. The highest BCUT2D eigenvalue weighted by atomic mass is 32.2. The van der Waals surface area contributed by atoms with Gasteiger partial charge in [0.2, 0.25) is 0 Å². The van der Waals surface area contributed by atoms with Gasteiger partial charge in [-0.05, 0) is 18.6 Å². The van der Waals surface area contributed by atoms with E-state index < -0.39 is 0 Å². The molecule has 0 radical (unpaired) electrons. The van der Waals surface area contributed by atoms with Crippen molar-refractivity contribution < 1.29 is 14.6 Å². The van der Waals surface area contributed by atoms with Crippen molar-refractivity contribution in [1.82, 2.24) is 0 Å². The van der Waals surface area contributed by atoms with E-state index in [4.69, 9.17) is 9.84 Å². The smallest absolute Gasteiger partial charge is 0.334 e. The molecular formula is C10H18O3S. The van der Waals surface area contributed by atoms with Crippen LogP contribution in [0.2, 0.25) is 0 Å². The van der Waals surface area contributed by atoms with Gasteiger partial charge in [-0.15, -0.1) is 0 Å².